The van der Waals surface area contributed by atoms with Crippen LogP contribution >= 0.6 is 39.1 Å². The van der Waals surface area contributed by atoms with Gasteiger partial charge in [0.2, 0.25) is 0 Å². The van der Waals surface area contributed by atoms with Crippen molar-refractivity contribution in [2.45, 2.75) is 6.04 Å². The first-order valence-corrected chi connectivity index (χ1v) is 6.69. The number of hydrogen-bond acceptors (Lipinski definition) is 1. The lowest BCUT2D eigenvalue weighted by Gasteiger charge is -2.16. The molecule has 2 aromatic rings. The molecule has 0 aromatic heterocycles. The topological polar surface area (TPSA) is 26.0 Å². The van der Waals surface area contributed by atoms with Gasteiger partial charge in [-0.2, -0.15) is 0 Å². The Morgan fingerprint density at radius 1 is 1.06 bits per heavy atom. The summed E-state index contributed by atoms with van der Waals surface area (Å²) in [6.07, 6.45) is 0. The van der Waals surface area contributed by atoms with Gasteiger partial charge in [0.1, 0.15) is 5.82 Å². The van der Waals surface area contributed by atoms with Crippen LogP contribution in [-0.4, -0.2) is 0 Å². The van der Waals surface area contributed by atoms with Crippen LogP contribution < -0.4 is 5.73 Å². The molecule has 0 aliphatic heterocycles. The van der Waals surface area contributed by atoms with E-state index >= 15 is 0 Å². The third-order valence-corrected chi connectivity index (χ3v) is 3.89. The molecular formula is C13H9BrCl2FN. The van der Waals surface area contributed by atoms with Crippen LogP contribution in [0.2, 0.25) is 10.0 Å². The average Bonchev–Trinajstić information content (AvgIpc) is 2.34. The number of hydrogen-bond donors (Lipinski definition) is 1. The van der Waals surface area contributed by atoms with Crippen LogP contribution in [0.1, 0.15) is 17.2 Å². The Kier molecular flexibility index (Phi) is 4.28. The van der Waals surface area contributed by atoms with Gasteiger partial charge in [-0.1, -0.05) is 39.1 Å². The summed E-state index contributed by atoms with van der Waals surface area (Å²) in [4.78, 5) is 0. The van der Waals surface area contributed by atoms with Gasteiger partial charge in [0.15, 0.2) is 0 Å². The van der Waals surface area contributed by atoms with E-state index in [9.17, 15) is 4.39 Å². The van der Waals surface area contributed by atoms with Crippen molar-refractivity contribution in [2.75, 3.05) is 0 Å². The Morgan fingerprint density at radius 3 is 2.50 bits per heavy atom. The average molecular weight is 349 g/mol. The highest BCUT2D eigenvalue weighted by Gasteiger charge is 2.16. The van der Waals surface area contributed by atoms with E-state index in [4.69, 9.17) is 28.9 Å². The van der Waals surface area contributed by atoms with Crippen molar-refractivity contribution in [3.05, 3.63) is 67.9 Å². The Labute approximate surface area is 123 Å². The van der Waals surface area contributed by atoms with Crippen LogP contribution in [0.15, 0.2) is 40.9 Å². The van der Waals surface area contributed by atoms with Gasteiger partial charge in [0.25, 0.3) is 0 Å². The molecule has 18 heavy (non-hydrogen) atoms. The van der Waals surface area contributed by atoms with Gasteiger partial charge < -0.3 is 5.73 Å². The van der Waals surface area contributed by atoms with Gasteiger partial charge in [-0.3, -0.25) is 0 Å². The van der Waals surface area contributed by atoms with Gasteiger partial charge >= 0.3 is 0 Å². The molecule has 0 aliphatic carbocycles. The summed E-state index contributed by atoms with van der Waals surface area (Å²) in [6.45, 7) is 0. The second-order valence-corrected chi connectivity index (χ2v) is 5.51. The van der Waals surface area contributed by atoms with Crippen LogP contribution in [0, 0.1) is 5.82 Å². The molecule has 0 radical (unpaired) electrons. The molecule has 0 saturated heterocycles. The molecule has 0 spiro atoms. The Bertz CT molecular complexity index is 538. The van der Waals surface area contributed by atoms with Crippen LogP contribution in [0.3, 0.4) is 0 Å². The first kappa shape index (κ1) is 13.8. The minimum absolute atomic E-state index is 0.372. The summed E-state index contributed by atoms with van der Waals surface area (Å²) in [6, 6.07) is 8.86. The summed E-state index contributed by atoms with van der Waals surface area (Å²) in [5, 5.41) is 0.993. The highest BCUT2D eigenvalue weighted by Crippen LogP contribution is 2.32. The first-order chi connectivity index (χ1) is 8.49. The highest BCUT2D eigenvalue weighted by molar-refractivity contribution is 9.10. The number of rotatable bonds is 2. The molecular weight excluding hydrogens is 340 g/mol. The summed E-state index contributed by atoms with van der Waals surface area (Å²) >= 11 is 15.4. The quantitative estimate of drug-likeness (QED) is 0.816. The van der Waals surface area contributed by atoms with Gasteiger partial charge in [0.05, 0.1) is 6.04 Å². The van der Waals surface area contributed by atoms with Crippen LogP contribution in [0.5, 0.6) is 0 Å². The van der Waals surface area contributed by atoms with Crippen molar-refractivity contribution in [2.24, 2.45) is 5.73 Å². The number of benzene rings is 2. The molecule has 2 rings (SSSR count). The maximum atomic E-state index is 13.3. The zero-order valence-electron chi connectivity index (χ0n) is 9.13. The highest BCUT2D eigenvalue weighted by atomic mass is 79.9. The zero-order valence-corrected chi connectivity index (χ0v) is 12.2. The van der Waals surface area contributed by atoms with E-state index in [0.717, 1.165) is 10.0 Å². The second-order valence-electron chi connectivity index (χ2n) is 3.81. The Morgan fingerprint density at radius 2 is 1.78 bits per heavy atom. The molecule has 1 nitrogen and oxygen atoms in total. The molecule has 0 amide bonds. The third-order valence-electron chi connectivity index (χ3n) is 2.59. The molecule has 1 unspecified atom stereocenters. The van der Waals surface area contributed by atoms with Crippen LogP contribution in [0.4, 0.5) is 4.39 Å². The van der Waals surface area contributed by atoms with Crippen molar-refractivity contribution >= 4 is 39.1 Å². The van der Waals surface area contributed by atoms with E-state index in [1.165, 1.54) is 18.2 Å². The molecule has 2 N–H and O–H groups in total. The van der Waals surface area contributed by atoms with Crippen molar-refractivity contribution in [1.29, 1.82) is 0 Å². The smallest absolute Gasteiger partial charge is 0.123 e. The lowest BCUT2D eigenvalue weighted by atomic mass is 9.99. The van der Waals surface area contributed by atoms with Crippen molar-refractivity contribution in [3.8, 4) is 0 Å². The second kappa shape index (κ2) is 5.57. The Hall–Kier alpha value is -0.610. The van der Waals surface area contributed by atoms with Gasteiger partial charge in [0, 0.05) is 14.5 Å². The fraction of sp³-hybridized carbons (Fsp3) is 0.0769. The van der Waals surface area contributed by atoms with Gasteiger partial charge in [-0.25, -0.2) is 4.39 Å². The SMILES string of the molecule is NC(c1cc(F)ccc1Cl)c1cc(Cl)ccc1Br. The predicted octanol–water partition coefficient (Wildman–Crippen LogP) is 4.94. The monoisotopic (exact) mass is 347 g/mol. The number of halogens is 4. The summed E-state index contributed by atoms with van der Waals surface area (Å²) < 4.78 is 14.1. The van der Waals surface area contributed by atoms with Crippen molar-refractivity contribution < 1.29 is 4.39 Å². The molecule has 5 heteroatoms. The molecule has 0 bridgehead atoms. The van der Waals surface area contributed by atoms with E-state index in [1.807, 2.05) is 0 Å². The van der Waals surface area contributed by atoms with E-state index < -0.39 is 6.04 Å². The standard InChI is InChI=1S/C13H9BrCl2FN/c14-11-3-1-7(15)5-9(11)13(18)10-6-8(17)2-4-12(10)16/h1-6,13H,18H2. The molecule has 1 atom stereocenters. The maximum Gasteiger partial charge on any atom is 0.123 e. The molecule has 0 fully saturated rings. The Balaban J connectivity index is 2.50. The van der Waals surface area contributed by atoms with E-state index in [1.54, 1.807) is 18.2 Å². The van der Waals surface area contributed by atoms with Gasteiger partial charge in [-0.05, 0) is 47.5 Å². The minimum atomic E-state index is -0.540. The van der Waals surface area contributed by atoms with Gasteiger partial charge in [-0.15, -0.1) is 0 Å². The van der Waals surface area contributed by atoms with E-state index in [0.29, 0.717) is 15.6 Å². The molecule has 94 valence electrons. The number of nitrogens with two attached hydrogens (primary N) is 1. The summed E-state index contributed by atoms with van der Waals surface area (Å²) in [5.74, 6) is -0.372. The molecule has 2 aromatic carbocycles. The first-order valence-electron chi connectivity index (χ1n) is 5.14. The lowest BCUT2D eigenvalue weighted by Crippen LogP contribution is -2.13. The van der Waals surface area contributed by atoms with Crippen LogP contribution in [-0.2, 0) is 0 Å². The fourth-order valence-electron chi connectivity index (χ4n) is 1.67. The largest absolute Gasteiger partial charge is 0.320 e. The van der Waals surface area contributed by atoms with Crippen LogP contribution in [0.25, 0.3) is 0 Å². The summed E-state index contributed by atoms with van der Waals surface area (Å²) in [5.41, 5.74) is 7.40. The molecule has 0 heterocycles. The summed E-state index contributed by atoms with van der Waals surface area (Å²) in [7, 11) is 0. The predicted molar refractivity (Wildman–Crippen MR) is 76.6 cm³/mol. The minimum Gasteiger partial charge on any atom is -0.320 e. The van der Waals surface area contributed by atoms with E-state index in [2.05, 4.69) is 15.9 Å². The molecule has 0 saturated carbocycles. The molecule has 0 aliphatic rings. The lowest BCUT2D eigenvalue weighted by molar-refractivity contribution is 0.623. The van der Waals surface area contributed by atoms with Crippen molar-refractivity contribution in [1.82, 2.24) is 0 Å². The normalized spacial score (nSPS) is 12.5. The van der Waals surface area contributed by atoms with E-state index in [-0.39, 0.29) is 5.82 Å². The van der Waals surface area contributed by atoms with Crippen molar-refractivity contribution in [3.63, 3.8) is 0 Å². The maximum absolute atomic E-state index is 13.3. The third kappa shape index (κ3) is 2.86. The fourth-order valence-corrected chi connectivity index (χ4v) is 2.58. The zero-order chi connectivity index (χ0) is 13.3.